The molecule has 33 heavy (non-hydrogen) atoms. The van der Waals surface area contributed by atoms with Crippen molar-refractivity contribution in [1.82, 2.24) is 5.32 Å². The van der Waals surface area contributed by atoms with Gasteiger partial charge in [-0.1, -0.05) is 128 Å². The molecular formula is C30H29NO2. The smallest absolute Gasteiger partial charge is 0.323 e. The molecule has 0 saturated heterocycles. The molecule has 0 heterocycles. The largest absolute Gasteiger partial charge is 0.460 e. The van der Waals surface area contributed by atoms with Crippen molar-refractivity contribution in [1.29, 1.82) is 0 Å². The monoisotopic (exact) mass is 435 g/mol. The van der Waals surface area contributed by atoms with Crippen molar-refractivity contribution in [2.75, 3.05) is 0 Å². The number of carbonyl (C=O) groups excluding carboxylic acids is 1. The van der Waals surface area contributed by atoms with Crippen LogP contribution in [-0.4, -0.2) is 12.0 Å². The molecule has 0 fully saturated rings. The van der Waals surface area contributed by atoms with Gasteiger partial charge in [0, 0.05) is 0 Å². The van der Waals surface area contributed by atoms with Crippen LogP contribution >= 0.6 is 0 Å². The maximum absolute atomic E-state index is 13.2. The Labute approximate surface area is 196 Å². The Hall–Kier alpha value is -3.69. The fourth-order valence-electron chi connectivity index (χ4n) is 4.23. The zero-order valence-electron chi connectivity index (χ0n) is 18.9. The highest BCUT2D eigenvalue weighted by atomic mass is 16.5. The molecule has 4 aromatic rings. The Balaban J connectivity index is 1.75. The molecule has 4 rings (SSSR count). The number of esters is 1. The molecule has 0 radical (unpaired) electrons. The lowest BCUT2D eigenvalue weighted by atomic mass is 9.76. The van der Waals surface area contributed by atoms with E-state index in [9.17, 15) is 4.79 Å². The van der Waals surface area contributed by atoms with E-state index in [-0.39, 0.29) is 12.6 Å². The van der Waals surface area contributed by atoms with Crippen molar-refractivity contribution in [3.63, 3.8) is 0 Å². The fourth-order valence-corrected chi connectivity index (χ4v) is 4.23. The molecule has 0 aliphatic rings. The van der Waals surface area contributed by atoms with Crippen LogP contribution in [0.2, 0.25) is 0 Å². The average molecular weight is 436 g/mol. The van der Waals surface area contributed by atoms with Gasteiger partial charge in [0.25, 0.3) is 0 Å². The van der Waals surface area contributed by atoms with Crippen LogP contribution in [0.5, 0.6) is 0 Å². The van der Waals surface area contributed by atoms with Crippen LogP contribution in [0.4, 0.5) is 0 Å². The van der Waals surface area contributed by atoms with Gasteiger partial charge in [-0.25, -0.2) is 0 Å². The van der Waals surface area contributed by atoms with Gasteiger partial charge in [-0.15, -0.1) is 0 Å². The molecule has 0 saturated carbocycles. The van der Waals surface area contributed by atoms with Gasteiger partial charge in [0.15, 0.2) is 0 Å². The third kappa shape index (κ3) is 5.05. The van der Waals surface area contributed by atoms with E-state index in [1.807, 2.05) is 91.9 Å². The van der Waals surface area contributed by atoms with E-state index in [0.717, 1.165) is 22.3 Å². The highest BCUT2D eigenvalue weighted by Gasteiger charge is 2.39. The summed E-state index contributed by atoms with van der Waals surface area (Å²) in [7, 11) is 0. The summed E-state index contributed by atoms with van der Waals surface area (Å²) in [6.07, 6.45) is 0.599. The number of hydrogen-bond donors (Lipinski definition) is 1. The van der Waals surface area contributed by atoms with Crippen LogP contribution in [0.3, 0.4) is 0 Å². The van der Waals surface area contributed by atoms with Gasteiger partial charge in [-0.2, -0.15) is 0 Å². The molecule has 1 N–H and O–H groups in total. The number of nitrogens with one attached hydrogen (secondary N) is 1. The number of rotatable bonds is 9. The summed E-state index contributed by atoms with van der Waals surface area (Å²) in [5, 5.41) is 3.73. The van der Waals surface area contributed by atoms with Crippen molar-refractivity contribution >= 4 is 5.97 Å². The van der Waals surface area contributed by atoms with Crippen molar-refractivity contribution in [3.05, 3.63) is 144 Å². The van der Waals surface area contributed by atoms with Crippen molar-refractivity contribution in [2.45, 2.75) is 31.5 Å². The molecule has 1 atom stereocenters. The van der Waals surface area contributed by atoms with E-state index in [1.54, 1.807) is 0 Å². The summed E-state index contributed by atoms with van der Waals surface area (Å²) >= 11 is 0. The van der Waals surface area contributed by atoms with Gasteiger partial charge in [-0.3, -0.25) is 10.1 Å². The molecule has 0 spiro atoms. The molecule has 0 aliphatic heterocycles. The van der Waals surface area contributed by atoms with Crippen LogP contribution < -0.4 is 5.32 Å². The van der Waals surface area contributed by atoms with Gasteiger partial charge < -0.3 is 4.74 Å². The first-order valence-electron chi connectivity index (χ1n) is 11.4. The Morgan fingerprint density at radius 2 is 1.09 bits per heavy atom. The standard InChI is InChI=1S/C30H29NO2/c1-2-28(29(32)33-23-24-15-7-3-8-16-24)31-30(25-17-9-4-10-18-25,26-19-11-5-12-20-26)27-21-13-6-14-22-27/h3-22,28,31H,2,23H2,1H3/t28-/m0/s1. The molecule has 0 bridgehead atoms. The van der Waals surface area contributed by atoms with Crippen LogP contribution in [0.1, 0.15) is 35.6 Å². The minimum atomic E-state index is -0.712. The van der Waals surface area contributed by atoms with Crippen molar-refractivity contribution in [2.24, 2.45) is 0 Å². The molecule has 4 aromatic carbocycles. The second kappa shape index (κ2) is 10.8. The van der Waals surface area contributed by atoms with E-state index in [4.69, 9.17) is 4.74 Å². The number of carbonyl (C=O) groups is 1. The van der Waals surface area contributed by atoms with Crippen LogP contribution in [0.25, 0.3) is 0 Å². The highest BCUT2D eigenvalue weighted by molar-refractivity contribution is 5.76. The Morgan fingerprint density at radius 1 is 0.697 bits per heavy atom. The molecule has 3 nitrogen and oxygen atoms in total. The van der Waals surface area contributed by atoms with E-state index in [0.29, 0.717) is 6.42 Å². The average Bonchev–Trinajstić information content (AvgIpc) is 2.90. The first kappa shape index (κ1) is 22.5. The first-order valence-corrected chi connectivity index (χ1v) is 11.4. The number of ether oxygens (including phenoxy) is 1. The van der Waals surface area contributed by atoms with Crippen LogP contribution in [0.15, 0.2) is 121 Å². The lowest BCUT2D eigenvalue weighted by Gasteiger charge is -2.39. The summed E-state index contributed by atoms with van der Waals surface area (Å²) in [4.78, 5) is 13.2. The minimum Gasteiger partial charge on any atom is -0.460 e. The summed E-state index contributed by atoms with van der Waals surface area (Å²) in [5.41, 5.74) is 3.46. The summed E-state index contributed by atoms with van der Waals surface area (Å²) in [5.74, 6) is -0.256. The number of hydrogen-bond acceptors (Lipinski definition) is 3. The third-order valence-electron chi connectivity index (χ3n) is 5.93. The minimum absolute atomic E-state index is 0.256. The summed E-state index contributed by atoms with van der Waals surface area (Å²) in [6.45, 7) is 2.26. The summed E-state index contributed by atoms with van der Waals surface area (Å²) in [6, 6.07) is 40.2. The Bertz CT molecular complexity index is 1030. The van der Waals surface area contributed by atoms with Gasteiger partial charge in [0.1, 0.15) is 12.6 Å². The van der Waals surface area contributed by atoms with E-state index < -0.39 is 11.6 Å². The normalized spacial score (nSPS) is 12.2. The van der Waals surface area contributed by atoms with E-state index in [2.05, 4.69) is 41.7 Å². The maximum Gasteiger partial charge on any atom is 0.323 e. The lowest BCUT2D eigenvalue weighted by molar-refractivity contribution is -0.148. The zero-order chi connectivity index (χ0) is 22.9. The molecule has 0 unspecified atom stereocenters. The Morgan fingerprint density at radius 3 is 1.48 bits per heavy atom. The SMILES string of the molecule is CC[C@H](NC(c1ccccc1)(c1ccccc1)c1ccccc1)C(=O)OCc1ccccc1. The second-order valence-corrected chi connectivity index (χ2v) is 8.05. The van der Waals surface area contributed by atoms with Gasteiger partial charge in [0.05, 0.1) is 5.54 Å². The van der Waals surface area contributed by atoms with E-state index in [1.165, 1.54) is 0 Å². The van der Waals surface area contributed by atoms with Gasteiger partial charge in [0.2, 0.25) is 0 Å². The molecule has 3 heteroatoms. The van der Waals surface area contributed by atoms with Crippen molar-refractivity contribution in [3.8, 4) is 0 Å². The molecule has 166 valence electrons. The van der Waals surface area contributed by atoms with E-state index >= 15 is 0 Å². The summed E-state index contributed by atoms with van der Waals surface area (Å²) < 4.78 is 5.73. The zero-order valence-corrected chi connectivity index (χ0v) is 18.9. The topological polar surface area (TPSA) is 38.3 Å². The predicted molar refractivity (Wildman–Crippen MR) is 133 cm³/mol. The molecule has 0 aromatic heterocycles. The molecule has 0 amide bonds. The quantitative estimate of drug-likeness (QED) is 0.255. The third-order valence-corrected chi connectivity index (χ3v) is 5.93. The Kier molecular flexibility index (Phi) is 7.33. The fraction of sp³-hybridized carbons (Fsp3) is 0.167. The predicted octanol–water partition coefficient (Wildman–Crippen LogP) is 6.09. The van der Waals surface area contributed by atoms with Gasteiger partial charge in [-0.05, 0) is 28.7 Å². The van der Waals surface area contributed by atoms with Crippen LogP contribution in [0, 0.1) is 0 Å². The highest BCUT2D eigenvalue weighted by Crippen LogP contribution is 2.37. The molecular weight excluding hydrogens is 406 g/mol. The first-order chi connectivity index (χ1) is 16.2. The second-order valence-electron chi connectivity index (χ2n) is 8.05. The molecule has 0 aliphatic carbocycles. The van der Waals surface area contributed by atoms with Crippen LogP contribution in [-0.2, 0) is 21.7 Å². The maximum atomic E-state index is 13.2. The van der Waals surface area contributed by atoms with Gasteiger partial charge >= 0.3 is 5.97 Å². The van der Waals surface area contributed by atoms with Crippen molar-refractivity contribution < 1.29 is 9.53 Å². The number of benzene rings is 4. The lowest BCUT2D eigenvalue weighted by Crippen LogP contribution is -2.52.